The largest absolute Gasteiger partial charge is 0.393 e. The summed E-state index contributed by atoms with van der Waals surface area (Å²) in [5, 5.41) is 12.9. The maximum atomic E-state index is 9.38. The lowest BCUT2D eigenvalue weighted by Crippen LogP contribution is -2.37. The van der Waals surface area contributed by atoms with Crippen LogP contribution in [0.1, 0.15) is 37.8 Å². The standard InChI is InChI=1S/C18H30N2O/c1-13(2)10-19-11-16-5-6-17(7-14(16)3)20(4)12-15-8-18(21)9-15/h5-7,13,15,18-19,21H,8-12H2,1-4H3. The third-order valence-electron chi connectivity index (χ3n) is 4.38. The molecule has 0 aromatic heterocycles. The smallest absolute Gasteiger partial charge is 0.0546 e. The van der Waals surface area contributed by atoms with Crippen LogP contribution in [0.25, 0.3) is 0 Å². The molecule has 0 atom stereocenters. The van der Waals surface area contributed by atoms with Crippen LogP contribution in [0.2, 0.25) is 0 Å². The molecule has 118 valence electrons. The molecule has 2 rings (SSSR count). The zero-order chi connectivity index (χ0) is 15.4. The molecule has 21 heavy (non-hydrogen) atoms. The van der Waals surface area contributed by atoms with E-state index in [1.54, 1.807) is 0 Å². The minimum Gasteiger partial charge on any atom is -0.393 e. The first-order valence-electron chi connectivity index (χ1n) is 8.15. The van der Waals surface area contributed by atoms with E-state index >= 15 is 0 Å². The van der Waals surface area contributed by atoms with Crippen LogP contribution < -0.4 is 10.2 Å². The van der Waals surface area contributed by atoms with Crippen LogP contribution in [0.5, 0.6) is 0 Å². The van der Waals surface area contributed by atoms with Crippen LogP contribution in [-0.4, -0.2) is 31.3 Å². The molecule has 1 aromatic carbocycles. The molecule has 1 aromatic rings. The van der Waals surface area contributed by atoms with Gasteiger partial charge in [-0.05, 0) is 61.4 Å². The Morgan fingerprint density at radius 2 is 2.05 bits per heavy atom. The van der Waals surface area contributed by atoms with Gasteiger partial charge in [0.1, 0.15) is 0 Å². The summed E-state index contributed by atoms with van der Waals surface area (Å²) in [6, 6.07) is 6.74. The van der Waals surface area contributed by atoms with Crippen molar-refractivity contribution in [1.29, 1.82) is 0 Å². The molecule has 0 aliphatic heterocycles. The van der Waals surface area contributed by atoms with Crippen molar-refractivity contribution < 1.29 is 5.11 Å². The Labute approximate surface area is 129 Å². The van der Waals surface area contributed by atoms with Gasteiger partial charge in [-0.3, -0.25) is 0 Å². The second-order valence-corrected chi connectivity index (χ2v) is 7.01. The Balaban J connectivity index is 1.88. The summed E-state index contributed by atoms with van der Waals surface area (Å²) in [6.07, 6.45) is 1.86. The van der Waals surface area contributed by atoms with Gasteiger partial charge in [0.05, 0.1) is 6.10 Å². The molecule has 0 bridgehead atoms. The van der Waals surface area contributed by atoms with E-state index in [0.717, 1.165) is 32.5 Å². The molecule has 0 amide bonds. The third kappa shape index (κ3) is 4.72. The fraction of sp³-hybridized carbons (Fsp3) is 0.667. The van der Waals surface area contributed by atoms with E-state index in [1.807, 2.05) is 0 Å². The van der Waals surface area contributed by atoms with Gasteiger partial charge in [0.2, 0.25) is 0 Å². The minimum atomic E-state index is -0.0560. The Hall–Kier alpha value is -1.06. The zero-order valence-electron chi connectivity index (χ0n) is 13.9. The average Bonchev–Trinajstić information content (AvgIpc) is 2.38. The van der Waals surface area contributed by atoms with Crippen molar-refractivity contribution >= 4 is 5.69 Å². The maximum Gasteiger partial charge on any atom is 0.0546 e. The topological polar surface area (TPSA) is 35.5 Å². The van der Waals surface area contributed by atoms with E-state index < -0.39 is 0 Å². The van der Waals surface area contributed by atoms with Crippen LogP contribution in [0.15, 0.2) is 18.2 Å². The maximum absolute atomic E-state index is 9.38. The first-order valence-corrected chi connectivity index (χ1v) is 8.15. The predicted molar refractivity (Wildman–Crippen MR) is 89.7 cm³/mol. The number of hydrogen-bond donors (Lipinski definition) is 2. The van der Waals surface area contributed by atoms with Crippen molar-refractivity contribution in [2.24, 2.45) is 11.8 Å². The van der Waals surface area contributed by atoms with E-state index in [0.29, 0.717) is 11.8 Å². The highest BCUT2D eigenvalue weighted by molar-refractivity contribution is 5.50. The predicted octanol–water partition coefficient (Wildman–Crippen LogP) is 2.95. The van der Waals surface area contributed by atoms with Crippen molar-refractivity contribution in [3.05, 3.63) is 29.3 Å². The first kappa shape index (κ1) is 16.3. The number of nitrogens with one attached hydrogen (secondary N) is 1. The van der Waals surface area contributed by atoms with E-state index in [9.17, 15) is 5.11 Å². The molecule has 2 N–H and O–H groups in total. The van der Waals surface area contributed by atoms with Crippen molar-refractivity contribution in [1.82, 2.24) is 5.32 Å². The van der Waals surface area contributed by atoms with Crippen LogP contribution in [-0.2, 0) is 6.54 Å². The van der Waals surface area contributed by atoms with Gasteiger partial charge >= 0.3 is 0 Å². The van der Waals surface area contributed by atoms with Gasteiger partial charge in [0.25, 0.3) is 0 Å². The third-order valence-corrected chi connectivity index (χ3v) is 4.38. The number of benzene rings is 1. The molecule has 1 saturated carbocycles. The summed E-state index contributed by atoms with van der Waals surface area (Å²) in [5.74, 6) is 1.34. The highest BCUT2D eigenvalue weighted by Gasteiger charge is 2.28. The Morgan fingerprint density at radius 3 is 2.62 bits per heavy atom. The molecule has 0 spiro atoms. The lowest BCUT2D eigenvalue weighted by Gasteiger charge is -2.35. The van der Waals surface area contributed by atoms with Crippen molar-refractivity contribution in [2.75, 3.05) is 25.0 Å². The molecule has 0 radical (unpaired) electrons. The van der Waals surface area contributed by atoms with Crippen LogP contribution >= 0.6 is 0 Å². The summed E-state index contributed by atoms with van der Waals surface area (Å²) in [7, 11) is 2.15. The number of aryl methyl sites for hydroxylation is 1. The number of rotatable bonds is 7. The lowest BCUT2D eigenvalue weighted by molar-refractivity contribution is 0.0465. The average molecular weight is 290 g/mol. The Kier molecular flexibility index (Phi) is 5.65. The van der Waals surface area contributed by atoms with Gasteiger partial charge < -0.3 is 15.3 Å². The summed E-state index contributed by atoms with van der Waals surface area (Å²) in [6.45, 7) is 9.71. The van der Waals surface area contributed by atoms with Crippen LogP contribution in [0.4, 0.5) is 5.69 Å². The molecule has 1 fully saturated rings. The highest BCUT2D eigenvalue weighted by atomic mass is 16.3. The number of hydrogen-bond acceptors (Lipinski definition) is 3. The normalized spacial score (nSPS) is 21.4. The molecule has 0 saturated heterocycles. The van der Waals surface area contributed by atoms with E-state index in [-0.39, 0.29) is 6.10 Å². The quantitative estimate of drug-likeness (QED) is 0.810. The summed E-state index contributed by atoms with van der Waals surface area (Å²) in [4.78, 5) is 2.31. The zero-order valence-corrected chi connectivity index (χ0v) is 13.9. The molecule has 1 aliphatic rings. The molecular weight excluding hydrogens is 260 g/mol. The van der Waals surface area contributed by atoms with Crippen LogP contribution in [0.3, 0.4) is 0 Å². The molecular formula is C18H30N2O. The summed E-state index contributed by atoms with van der Waals surface area (Å²) in [5.41, 5.74) is 4.01. The van der Waals surface area contributed by atoms with Crippen molar-refractivity contribution in [3.63, 3.8) is 0 Å². The summed E-state index contributed by atoms with van der Waals surface area (Å²) >= 11 is 0. The summed E-state index contributed by atoms with van der Waals surface area (Å²) < 4.78 is 0. The van der Waals surface area contributed by atoms with Crippen molar-refractivity contribution in [3.8, 4) is 0 Å². The van der Waals surface area contributed by atoms with Gasteiger partial charge in [0.15, 0.2) is 0 Å². The molecule has 3 nitrogen and oxygen atoms in total. The second-order valence-electron chi connectivity index (χ2n) is 7.01. The SMILES string of the molecule is Cc1cc(N(C)CC2CC(O)C2)ccc1CNCC(C)C. The number of anilines is 1. The van der Waals surface area contributed by atoms with E-state index in [1.165, 1.54) is 16.8 Å². The number of aliphatic hydroxyl groups is 1. The molecule has 3 heteroatoms. The second kappa shape index (κ2) is 7.28. The number of nitrogens with zero attached hydrogens (tertiary/aromatic N) is 1. The Morgan fingerprint density at radius 1 is 1.33 bits per heavy atom. The first-order chi connectivity index (χ1) is 9.95. The molecule has 0 heterocycles. The fourth-order valence-corrected chi connectivity index (χ4v) is 2.95. The van der Waals surface area contributed by atoms with Gasteiger partial charge in [0, 0.05) is 25.8 Å². The monoisotopic (exact) mass is 290 g/mol. The highest BCUT2D eigenvalue weighted by Crippen LogP contribution is 2.29. The van der Waals surface area contributed by atoms with Gasteiger partial charge in [-0.15, -0.1) is 0 Å². The molecule has 0 unspecified atom stereocenters. The Bertz CT molecular complexity index is 453. The molecule has 1 aliphatic carbocycles. The lowest BCUT2D eigenvalue weighted by atomic mass is 9.82. The fourth-order valence-electron chi connectivity index (χ4n) is 2.95. The van der Waals surface area contributed by atoms with E-state index in [4.69, 9.17) is 0 Å². The van der Waals surface area contributed by atoms with Gasteiger partial charge in [-0.2, -0.15) is 0 Å². The van der Waals surface area contributed by atoms with E-state index in [2.05, 4.69) is 56.2 Å². The van der Waals surface area contributed by atoms with Crippen LogP contribution in [0, 0.1) is 18.8 Å². The van der Waals surface area contributed by atoms with Gasteiger partial charge in [-0.1, -0.05) is 19.9 Å². The van der Waals surface area contributed by atoms with Crippen molar-refractivity contribution in [2.45, 2.75) is 46.3 Å². The minimum absolute atomic E-state index is 0.0560. The number of aliphatic hydroxyl groups excluding tert-OH is 1. The van der Waals surface area contributed by atoms with Gasteiger partial charge in [-0.25, -0.2) is 0 Å².